The average molecular weight is 368 g/mol. The highest BCUT2D eigenvalue weighted by molar-refractivity contribution is 5.97. The summed E-state index contributed by atoms with van der Waals surface area (Å²) < 4.78 is 11.2. The van der Waals surface area contributed by atoms with Crippen LogP contribution in [0.15, 0.2) is 48.5 Å². The Balaban J connectivity index is 1.82. The van der Waals surface area contributed by atoms with Gasteiger partial charge in [0.1, 0.15) is 5.75 Å². The number of amides is 1. The number of nitrogens with zero attached hydrogens (tertiary/aromatic N) is 2. The number of ether oxygens (including phenoxy) is 2. The Kier molecular flexibility index (Phi) is 6.35. The molecule has 0 saturated carbocycles. The highest BCUT2D eigenvalue weighted by atomic mass is 16.5. The van der Waals surface area contributed by atoms with Crippen molar-refractivity contribution in [3.05, 3.63) is 59.7 Å². The van der Waals surface area contributed by atoms with Crippen molar-refractivity contribution in [3.63, 3.8) is 0 Å². The van der Waals surface area contributed by atoms with Gasteiger partial charge in [-0.25, -0.2) is 0 Å². The first-order valence-electron chi connectivity index (χ1n) is 9.38. The molecule has 0 aromatic heterocycles. The number of rotatable bonds is 7. The van der Waals surface area contributed by atoms with E-state index in [1.807, 2.05) is 43.3 Å². The molecule has 1 aliphatic rings. The van der Waals surface area contributed by atoms with Crippen molar-refractivity contribution in [3.8, 4) is 5.75 Å². The first-order chi connectivity index (χ1) is 13.1. The molecule has 2 aromatic rings. The fourth-order valence-corrected chi connectivity index (χ4v) is 3.36. The number of methoxy groups -OCH3 is 1. The molecule has 0 N–H and O–H groups in total. The maximum Gasteiger partial charge on any atom is 0.258 e. The van der Waals surface area contributed by atoms with Crippen LogP contribution in [0, 0.1) is 0 Å². The summed E-state index contributed by atoms with van der Waals surface area (Å²) in [5, 5.41) is 0. The SMILES string of the molecule is COc1ccccc1C(=O)N(Cc1ccc(N(C)C)cc1)C[C@@H]1CCCO1. The van der Waals surface area contributed by atoms with Gasteiger partial charge in [0, 0.05) is 39.5 Å². The summed E-state index contributed by atoms with van der Waals surface area (Å²) in [5.41, 5.74) is 2.82. The smallest absolute Gasteiger partial charge is 0.258 e. The van der Waals surface area contributed by atoms with Crippen LogP contribution in [0.1, 0.15) is 28.8 Å². The molecule has 1 heterocycles. The Morgan fingerprint density at radius 1 is 1.15 bits per heavy atom. The summed E-state index contributed by atoms with van der Waals surface area (Å²) in [5.74, 6) is 0.572. The van der Waals surface area contributed by atoms with Crippen LogP contribution >= 0.6 is 0 Å². The summed E-state index contributed by atoms with van der Waals surface area (Å²) in [7, 11) is 5.63. The van der Waals surface area contributed by atoms with Gasteiger partial charge in [0.25, 0.3) is 5.91 Å². The molecule has 2 aromatic carbocycles. The molecule has 0 aliphatic carbocycles. The molecular weight excluding hydrogens is 340 g/mol. The predicted molar refractivity (Wildman–Crippen MR) is 107 cm³/mol. The number of hydrogen-bond acceptors (Lipinski definition) is 4. The van der Waals surface area contributed by atoms with Crippen molar-refractivity contribution in [2.45, 2.75) is 25.5 Å². The zero-order chi connectivity index (χ0) is 19.2. The summed E-state index contributed by atoms with van der Waals surface area (Å²) in [6.45, 7) is 1.91. The number of benzene rings is 2. The average Bonchev–Trinajstić information content (AvgIpc) is 3.20. The number of carbonyl (C=O) groups excluding carboxylic acids is 1. The maximum atomic E-state index is 13.3. The highest BCUT2D eigenvalue weighted by Gasteiger charge is 2.25. The first-order valence-corrected chi connectivity index (χ1v) is 9.38. The molecule has 3 rings (SSSR count). The lowest BCUT2D eigenvalue weighted by Crippen LogP contribution is -2.37. The molecule has 144 valence electrons. The second-order valence-electron chi connectivity index (χ2n) is 7.08. The van der Waals surface area contributed by atoms with E-state index in [2.05, 4.69) is 29.2 Å². The molecule has 27 heavy (non-hydrogen) atoms. The Hall–Kier alpha value is -2.53. The van der Waals surface area contributed by atoms with Gasteiger partial charge in [-0.3, -0.25) is 4.79 Å². The van der Waals surface area contributed by atoms with E-state index in [-0.39, 0.29) is 12.0 Å². The van der Waals surface area contributed by atoms with E-state index < -0.39 is 0 Å². The molecule has 5 nitrogen and oxygen atoms in total. The van der Waals surface area contributed by atoms with Crippen LogP contribution in [0.3, 0.4) is 0 Å². The van der Waals surface area contributed by atoms with Gasteiger partial charge in [-0.05, 0) is 42.7 Å². The monoisotopic (exact) mass is 368 g/mol. The number of carbonyl (C=O) groups is 1. The number of anilines is 1. The lowest BCUT2D eigenvalue weighted by molar-refractivity contribution is 0.0505. The van der Waals surface area contributed by atoms with Crippen LogP contribution in [0.4, 0.5) is 5.69 Å². The zero-order valence-corrected chi connectivity index (χ0v) is 16.4. The number of para-hydroxylation sites is 1. The van der Waals surface area contributed by atoms with Crippen molar-refractivity contribution in [1.82, 2.24) is 4.90 Å². The first kappa shape index (κ1) is 19.2. The van der Waals surface area contributed by atoms with Crippen molar-refractivity contribution in [1.29, 1.82) is 0 Å². The van der Waals surface area contributed by atoms with E-state index in [4.69, 9.17) is 9.47 Å². The van der Waals surface area contributed by atoms with Gasteiger partial charge in [-0.2, -0.15) is 0 Å². The van der Waals surface area contributed by atoms with Crippen molar-refractivity contribution >= 4 is 11.6 Å². The van der Waals surface area contributed by atoms with Crippen LogP contribution in [-0.4, -0.2) is 51.3 Å². The van der Waals surface area contributed by atoms with E-state index >= 15 is 0 Å². The molecule has 1 amide bonds. The molecule has 0 unspecified atom stereocenters. The fraction of sp³-hybridized carbons (Fsp3) is 0.409. The second-order valence-corrected chi connectivity index (χ2v) is 7.08. The van der Waals surface area contributed by atoms with Gasteiger partial charge < -0.3 is 19.3 Å². The topological polar surface area (TPSA) is 42.0 Å². The lowest BCUT2D eigenvalue weighted by atomic mass is 10.1. The Morgan fingerprint density at radius 2 is 1.89 bits per heavy atom. The van der Waals surface area contributed by atoms with Gasteiger partial charge in [0.2, 0.25) is 0 Å². The predicted octanol–water partition coefficient (Wildman–Crippen LogP) is 3.58. The molecule has 1 aliphatic heterocycles. The molecule has 1 atom stereocenters. The van der Waals surface area contributed by atoms with Crippen molar-refractivity contribution in [2.75, 3.05) is 39.3 Å². The Morgan fingerprint density at radius 3 is 2.52 bits per heavy atom. The maximum absolute atomic E-state index is 13.3. The highest BCUT2D eigenvalue weighted by Crippen LogP contribution is 2.23. The van der Waals surface area contributed by atoms with Crippen molar-refractivity contribution < 1.29 is 14.3 Å². The second kappa shape index (κ2) is 8.91. The summed E-state index contributed by atoms with van der Waals surface area (Å²) in [6.07, 6.45) is 2.15. The molecule has 5 heteroatoms. The molecule has 1 saturated heterocycles. The molecular formula is C22H28N2O3. The summed E-state index contributed by atoms with van der Waals surface area (Å²) in [6, 6.07) is 15.7. The standard InChI is InChI=1S/C22H28N2O3/c1-23(2)18-12-10-17(11-13-18)15-24(16-19-7-6-14-27-19)22(25)20-8-4-5-9-21(20)26-3/h4-5,8-13,19H,6-7,14-16H2,1-3H3/t19-/m0/s1. The summed E-state index contributed by atoms with van der Waals surface area (Å²) >= 11 is 0. The third-order valence-corrected chi connectivity index (χ3v) is 4.90. The third kappa shape index (κ3) is 4.80. The summed E-state index contributed by atoms with van der Waals surface area (Å²) in [4.78, 5) is 17.2. The van der Waals surface area contributed by atoms with E-state index in [1.54, 1.807) is 7.11 Å². The van der Waals surface area contributed by atoms with Crippen LogP contribution in [0.25, 0.3) is 0 Å². The van der Waals surface area contributed by atoms with Gasteiger partial charge in [0.05, 0.1) is 18.8 Å². The van der Waals surface area contributed by atoms with Crippen LogP contribution in [0.5, 0.6) is 5.75 Å². The Bertz CT molecular complexity index is 752. The van der Waals surface area contributed by atoms with E-state index in [0.29, 0.717) is 24.4 Å². The van der Waals surface area contributed by atoms with Crippen LogP contribution in [0.2, 0.25) is 0 Å². The minimum absolute atomic E-state index is 0.0281. The molecule has 0 spiro atoms. The minimum Gasteiger partial charge on any atom is -0.496 e. The van der Waals surface area contributed by atoms with Gasteiger partial charge in [-0.1, -0.05) is 24.3 Å². The number of hydrogen-bond donors (Lipinski definition) is 0. The van der Waals surface area contributed by atoms with Crippen LogP contribution in [-0.2, 0) is 11.3 Å². The Labute approximate surface area is 161 Å². The van der Waals surface area contributed by atoms with Crippen LogP contribution < -0.4 is 9.64 Å². The fourth-order valence-electron chi connectivity index (χ4n) is 3.36. The molecule has 1 fully saturated rings. The molecule has 0 radical (unpaired) electrons. The van der Waals surface area contributed by atoms with Crippen molar-refractivity contribution in [2.24, 2.45) is 0 Å². The zero-order valence-electron chi connectivity index (χ0n) is 16.4. The van der Waals surface area contributed by atoms with E-state index in [0.717, 1.165) is 30.7 Å². The van der Waals surface area contributed by atoms with Gasteiger partial charge in [0.15, 0.2) is 0 Å². The van der Waals surface area contributed by atoms with E-state index in [1.165, 1.54) is 0 Å². The normalized spacial score (nSPS) is 16.2. The third-order valence-electron chi connectivity index (χ3n) is 4.90. The minimum atomic E-state index is -0.0281. The largest absolute Gasteiger partial charge is 0.496 e. The lowest BCUT2D eigenvalue weighted by Gasteiger charge is -2.26. The molecule has 0 bridgehead atoms. The quantitative estimate of drug-likeness (QED) is 0.749. The van der Waals surface area contributed by atoms with Gasteiger partial charge >= 0.3 is 0 Å². The van der Waals surface area contributed by atoms with Gasteiger partial charge in [-0.15, -0.1) is 0 Å². The van der Waals surface area contributed by atoms with E-state index in [9.17, 15) is 4.79 Å².